The Hall–Kier alpha value is -4.28. The van der Waals surface area contributed by atoms with Crippen molar-refractivity contribution in [3.63, 3.8) is 0 Å². The minimum absolute atomic E-state index is 0.0278. The fourth-order valence-corrected chi connectivity index (χ4v) is 5.74. The molecule has 1 heterocycles. The summed E-state index contributed by atoms with van der Waals surface area (Å²) in [5.74, 6) is -1.32. The summed E-state index contributed by atoms with van der Waals surface area (Å²) in [6.45, 7) is 6.59. The number of nitrogens with zero attached hydrogens (tertiary/aromatic N) is 1. The number of ether oxygens (including phenoxy) is 2. The molecule has 0 radical (unpaired) electrons. The highest BCUT2D eigenvalue weighted by molar-refractivity contribution is 6.00. The van der Waals surface area contributed by atoms with Gasteiger partial charge in [0.15, 0.2) is 0 Å². The van der Waals surface area contributed by atoms with Crippen LogP contribution in [0.2, 0.25) is 0 Å². The summed E-state index contributed by atoms with van der Waals surface area (Å²) in [5.41, 5.74) is 8.79. The Balaban J connectivity index is 1.55. The lowest BCUT2D eigenvalue weighted by Crippen LogP contribution is -2.50. The van der Waals surface area contributed by atoms with Crippen molar-refractivity contribution in [1.29, 1.82) is 0 Å². The molecule has 246 valence electrons. The molecule has 46 heavy (non-hydrogen) atoms. The van der Waals surface area contributed by atoms with E-state index in [4.69, 9.17) is 15.2 Å². The molecule has 4 atom stereocenters. The predicted octanol–water partition coefficient (Wildman–Crippen LogP) is 5.20. The van der Waals surface area contributed by atoms with Crippen LogP contribution in [-0.4, -0.2) is 67.1 Å². The zero-order valence-corrected chi connectivity index (χ0v) is 27.0. The zero-order chi connectivity index (χ0) is 33.2. The van der Waals surface area contributed by atoms with Gasteiger partial charge in [0.05, 0.1) is 18.8 Å². The Morgan fingerprint density at radius 3 is 2.37 bits per heavy atom. The lowest BCUT2D eigenvalue weighted by Gasteiger charge is -2.28. The van der Waals surface area contributed by atoms with Crippen LogP contribution in [0.4, 0.5) is 10.1 Å². The Morgan fingerprint density at radius 1 is 1.00 bits per heavy atom. The number of halogens is 1. The molecule has 4 N–H and O–H groups in total. The first-order chi connectivity index (χ1) is 22.0. The van der Waals surface area contributed by atoms with Crippen molar-refractivity contribution in [3.05, 3.63) is 95.3 Å². The highest BCUT2D eigenvalue weighted by Gasteiger charge is 2.31. The van der Waals surface area contributed by atoms with Gasteiger partial charge in [-0.05, 0) is 87.6 Å². The number of nitrogens with two attached hydrogens (primary N) is 1. The molecule has 0 aromatic heterocycles. The van der Waals surface area contributed by atoms with Gasteiger partial charge in [0, 0.05) is 48.5 Å². The van der Waals surface area contributed by atoms with Crippen molar-refractivity contribution >= 4 is 23.4 Å². The van der Waals surface area contributed by atoms with Gasteiger partial charge in [0.1, 0.15) is 11.6 Å². The van der Waals surface area contributed by atoms with Crippen molar-refractivity contribution < 1.29 is 28.2 Å². The number of benzene rings is 3. The summed E-state index contributed by atoms with van der Waals surface area (Å²) < 4.78 is 24.6. The molecule has 0 unspecified atom stereocenters. The maximum Gasteiger partial charge on any atom is 0.254 e. The average Bonchev–Trinajstić information content (AvgIpc) is 3.49. The molecule has 1 saturated heterocycles. The number of nitrogens with one attached hydrogen (secondary N) is 2. The number of carbonyl (C=O) groups is 3. The van der Waals surface area contributed by atoms with Gasteiger partial charge in [-0.3, -0.25) is 14.4 Å². The van der Waals surface area contributed by atoms with Gasteiger partial charge in [-0.1, -0.05) is 37.3 Å². The molecule has 3 aromatic carbocycles. The van der Waals surface area contributed by atoms with E-state index in [1.807, 2.05) is 44.2 Å². The third-order valence-electron chi connectivity index (χ3n) is 8.10. The van der Waals surface area contributed by atoms with E-state index in [2.05, 4.69) is 10.6 Å². The third kappa shape index (κ3) is 9.61. The Bertz CT molecular complexity index is 1470. The van der Waals surface area contributed by atoms with E-state index in [1.54, 1.807) is 37.1 Å². The van der Waals surface area contributed by atoms with E-state index in [9.17, 15) is 18.8 Å². The van der Waals surface area contributed by atoms with E-state index >= 15 is 0 Å². The molecule has 1 aliphatic heterocycles. The number of hydrogen-bond acceptors (Lipinski definition) is 6. The van der Waals surface area contributed by atoms with E-state index in [0.717, 1.165) is 18.4 Å². The van der Waals surface area contributed by atoms with Crippen molar-refractivity contribution in [2.75, 3.05) is 25.6 Å². The van der Waals surface area contributed by atoms with Crippen LogP contribution in [0.5, 0.6) is 5.75 Å². The Kier molecular flexibility index (Phi) is 12.3. The second-order valence-corrected chi connectivity index (χ2v) is 12.2. The van der Waals surface area contributed by atoms with Crippen LogP contribution in [0, 0.1) is 11.7 Å². The topological polar surface area (TPSA) is 123 Å². The van der Waals surface area contributed by atoms with Gasteiger partial charge in [-0.15, -0.1) is 0 Å². The molecule has 3 amide bonds. The standard InChI is InChI=1S/C36H45FN4O5/c1-23(2)46-31-20-26(19-27(21-31)36(44)41-16-8-11-30(41)22-45-4)35(43)40-33(18-25-9-6-5-7-10-25)32(38)17-24(3)34(42)39-29-14-12-28(37)13-15-29/h5-7,9-10,12-15,19-21,23-24,30,32-33H,8,11,16-18,22,38H2,1-4H3,(H,39,42)(H,40,43)/t24-,30-,32+,33+/m1/s1. The molecule has 1 aliphatic rings. The largest absolute Gasteiger partial charge is 0.491 e. The fraction of sp³-hybridized carbons (Fsp3) is 0.417. The fourth-order valence-electron chi connectivity index (χ4n) is 5.74. The maximum absolute atomic E-state index is 13.9. The van der Waals surface area contributed by atoms with Crippen LogP contribution >= 0.6 is 0 Å². The molecule has 0 spiro atoms. The van der Waals surface area contributed by atoms with Gasteiger partial charge in [-0.2, -0.15) is 0 Å². The molecule has 1 fully saturated rings. The minimum Gasteiger partial charge on any atom is -0.491 e. The normalized spacial score (nSPS) is 16.5. The average molecular weight is 633 g/mol. The van der Waals surface area contributed by atoms with Gasteiger partial charge in [-0.25, -0.2) is 4.39 Å². The molecule has 4 rings (SSSR count). The van der Waals surface area contributed by atoms with Crippen LogP contribution in [-0.2, 0) is 16.0 Å². The Morgan fingerprint density at radius 2 is 1.70 bits per heavy atom. The van der Waals surface area contributed by atoms with Crippen LogP contribution in [0.15, 0.2) is 72.8 Å². The highest BCUT2D eigenvalue weighted by atomic mass is 19.1. The molecule has 0 aliphatic carbocycles. The van der Waals surface area contributed by atoms with Crippen molar-refractivity contribution in [1.82, 2.24) is 10.2 Å². The summed E-state index contributed by atoms with van der Waals surface area (Å²) in [6.07, 6.45) is 2.28. The summed E-state index contributed by atoms with van der Waals surface area (Å²) in [6, 6.07) is 19.0. The quantitative estimate of drug-likeness (QED) is 0.225. The zero-order valence-electron chi connectivity index (χ0n) is 27.0. The minimum atomic E-state index is -0.589. The van der Waals surface area contributed by atoms with Crippen LogP contribution in [0.3, 0.4) is 0 Å². The lowest BCUT2D eigenvalue weighted by molar-refractivity contribution is -0.119. The van der Waals surface area contributed by atoms with Crippen LogP contribution in [0.25, 0.3) is 0 Å². The van der Waals surface area contributed by atoms with Gasteiger partial charge < -0.3 is 30.7 Å². The summed E-state index contributed by atoms with van der Waals surface area (Å²) >= 11 is 0. The van der Waals surface area contributed by atoms with Crippen LogP contribution < -0.4 is 21.1 Å². The first-order valence-corrected chi connectivity index (χ1v) is 15.8. The number of rotatable bonds is 14. The maximum atomic E-state index is 13.9. The van der Waals surface area contributed by atoms with Crippen LogP contribution in [0.1, 0.15) is 66.3 Å². The molecule has 9 nitrogen and oxygen atoms in total. The van der Waals surface area contributed by atoms with Crippen molar-refractivity contribution in [2.24, 2.45) is 11.7 Å². The monoisotopic (exact) mass is 632 g/mol. The molecule has 0 bridgehead atoms. The number of hydrogen-bond donors (Lipinski definition) is 3. The number of methoxy groups -OCH3 is 1. The van der Waals surface area contributed by atoms with E-state index < -0.39 is 29.7 Å². The molecule has 0 saturated carbocycles. The molecule has 3 aromatic rings. The van der Waals surface area contributed by atoms with E-state index in [1.165, 1.54) is 24.3 Å². The second-order valence-electron chi connectivity index (χ2n) is 12.2. The van der Waals surface area contributed by atoms with Crippen molar-refractivity contribution in [3.8, 4) is 5.75 Å². The smallest absolute Gasteiger partial charge is 0.254 e. The molecular formula is C36H45FN4O5. The molecular weight excluding hydrogens is 587 g/mol. The summed E-state index contributed by atoms with van der Waals surface area (Å²) in [7, 11) is 1.62. The number of amides is 3. The highest BCUT2D eigenvalue weighted by Crippen LogP contribution is 2.25. The molecule has 10 heteroatoms. The number of carbonyl (C=O) groups excluding carboxylic acids is 3. The van der Waals surface area contributed by atoms with E-state index in [0.29, 0.717) is 36.6 Å². The van der Waals surface area contributed by atoms with Gasteiger partial charge in [0.2, 0.25) is 5.91 Å². The Labute approximate surface area is 270 Å². The van der Waals surface area contributed by atoms with Crippen molar-refractivity contribution in [2.45, 2.75) is 70.7 Å². The van der Waals surface area contributed by atoms with E-state index in [-0.39, 0.29) is 35.9 Å². The second kappa shape index (κ2) is 16.3. The first-order valence-electron chi connectivity index (χ1n) is 15.8. The summed E-state index contributed by atoms with van der Waals surface area (Å²) in [4.78, 5) is 42.3. The van der Waals surface area contributed by atoms with Gasteiger partial charge >= 0.3 is 0 Å². The predicted molar refractivity (Wildman–Crippen MR) is 176 cm³/mol. The lowest BCUT2D eigenvalue weighted by atomic mass is 9.91. The third-order valence-corrected chi connectivity index (χ3v) is 8.10. The first kappa shape index (κ1) is 34.6. The number of likely N-dealkylation sites (tertiary alicyclic amines) is 1. The SMILES string of the molecule is COC[C@H]1CCCN1C(=O)c1cc(OC(C)C)cc(C(=O)N[C@@H](Cc2ccccc2)[C@@H](N)C[C@@H](C)C(=O)Nc2ccc(F)cc2)c1. The summed E-state index contributed by atoms with van der Waals surface area (Å²) in [5, 5.41) is 5.89. The number of anilines is 1. The van der Waals surface area contributed by atoms with Gasteiger partial charge in [0.25, 0.3) is 11.8 Å².